The highest BCUT2D eigenvalue weighted by molar-refractivity contribution is 7.22. The number of thiazole rings is 1. The van der Waals surface area contributed by atoms with Crippen molar-refractivity contribution in [3.05, 3.63) is 55.0 Å². The van der Waals surface area contributed by atoms with Crippen molar-refractivity contribution in [3.63, 3.8) is 0 Å². The van der Waals surface area contributed by atoms with Gasteiger partial charge in [0, 0.05) is 0 Å². The van der Waals surface area contributed by atoms with Gasteiger partial charge in [-0.25, -0.2) is 24.6 Å². The molecular weight excluding hydrogens is 424 g/mol. The number of pyridine rings is 1. The zero-order valence-corrected chi connectivity index (χ0v) is 18.1. The van der Waals surface area contributed by atoms with Crippen molar-refractivity contribution in [2.75, 3.05) is 5.32 Å². The van der Waals surface area contributed by atoms with Gasteiger partial charge in [0.1, 0.15) is 18.2 Å². The predicted octanol–water partition coefficient (Wildman–Crippen LogP) is 3.39. The second kappa shape index (κ2) is 7.95. The van der Waals surface area contributed by atoms with Crippen molar-refractivity contribution in [2.24, 2.45) is 0 Å². The van der Waals surface area contributed by atoms with E-state index in [-0.39, 0.29) is 12.1 Å². The van der Waals surface area contributed by atoms with Gasteiger partial charge in [0.25, 0.3) is 0 Å². The van der Waals surface area contributed by atoms with Crippen LogP contribution < -0.4 is 5.32 Å². The van der Waals surface area contributed by atoms with Gasteiger partial charge < -0.3 is 15.0 Å². The fourth-order valence-corrected chi connectivity index (χ4v) is 5.28. The third-order valence-corrected chi connectivity index (χ3v) is 6.92. The Morgan fingerprint density at radius 1 is 1.09 bits per heavy atom. The second-order valence-electron chi connectivity index (χ2n) is 8.17. The molecule has 0 bridgehead atoms. The molecule has 2 atom stereocenters. The van der Waals surface area contributed by atoms with Crippen LogP contribution in [-0.4, -0.2) is 51.5 Å². The van der Waals surface area contributed by atoms with E-state index in [1.165, 1.54) is 6.33 Å². The van der Waals surface area contributed by atoms with Gasteiger partial charge in [0.2, 0.25) is 0 Å². The number of aliphatic hydroxyl groups excluding tert-OH is 1. The van der Waals surface area contributed by atoms with E-state index in [4.69, 9.17) is 4.98 Å². The first-order valence-electron chi connectivity index (χ1n) is 10.7. The molecule has 1 fully saturated rings. The number of aromatic nitrogens is 7. The average molecular weight is 447 g/mol. The van der Waals surface area contributed by atoms with Crippen LogP contribution in [0.5, 0.6) is 0 Å². The molecule has 0 spiro atoms. The van der Waals surface area contributed by atoms with Crippen LogP contribution in [0, 0.1) is 0 Å². The van der Waals surface area contributed by atoms with Crippen molar-refractivity contribution < 1.29 is 5.11 Å². The Bertz CT molecular complexity index is 1380. The molecule has 0 saturated heterocycles. The molecular formula is C22H22N8OS. The van der Waals surface area contributed by atoms with Gasteiger partial charge in [0.15, 0.2) is 10.8 Å². The third-order valence-electron chi connectivity index (χ3n) is 5.97. The van der Waals surface area contributed by atoms with E-state index < -0.39 is 0 Å². The zero-order valence-electron chi connectivity index (χ0n) is 17.3. The Labute approximate surface area is 187 Å². The van der Waals surface area contributed by atoms with Crippen LogP contribution in [0.1, 0.15) is 31.2 Å². The summed E-state index contributed by atoms with van der Waals surface area (Å²) in [4.78, 5) is 17.8. The van der Waals surface area contributed by atoms with E-state index in [1.54, 1.807) is 28.5 Å². The number of imidazole rings is 1. The lowest BCUT2D eigenvalue weighted by atomic mass is 9.93. The Kier molecular flexibility index (Phi) is 4.80. The van der Waals surface area contributed by atoms with Gasteiger partial charge in [0.05, 0.1) is 47.1 Å². The number of hydrogen-bond donors (Lipinski definition) is 2. The summed E-state index contributed by atoms with van der Waals surface area (Å²) in [5, 5.41) is 18.7. The standard InChI is InChI=1S/C22H22N8OS/c31-19-4-2-1-3-16(19)27-22-28-17-6-5-14(7-20(17)32-22)10-29-13-25-18-8-15(9-24-21(18)29)30-12-23-11-26-30/h5-9,11-13,16,19,31H,1-4,10H2,(H,27,28). The van der Waals surface area contributed by atoms with E-state index >= 15 is 0 Å². The van der Waals surface area contributed by atoms with E-state index in [9.17, 15) is 5.11 Å². The number of aliphatic hydroxyl groups is 1. The molecule has 0 aliphatic heterocycles. The monoisotopic (exact) mass is 446 g/mol. The maximum absolute atomic E-state index is 10.2. The van der Waals surface area contributed by atoms with Gasteiger partial charge in [-0.3, -0.25) is 0 Å². The first kappa shape index (κ1) is 19.3. The van der Waals surface area contributed by atoms with Crippen molar-refractivity contribution >= 4 is 37.8 Å². The molecule has 4 aromatic heterocycles. The topological polar surface area (TPSA) is 107 Å². The maximum atomic E-state index is 10.2. The number of rotatable bonds is 5. The molecule has 0 amide bonds. The predicted molar refractivity (Wildman–Crippen MR) is 123 cm³/mol. The highest BCUT2D eigenvalue weighted by Gasteiger charge is 2.23. The smallest absolute Gasteiger partial charge is 0.184 e. The van der Waals surface area contributed by atoms with E-state index in [2.05, 4.69) is 43.6 Å². The maximum Gasteiger partial charge on any atom is 0.184 e. The molecule has 10 heteroatoms. The number of fused-ring (bicyclic) bond motifs is 2. The lowest BCUT2D eigenvalue weighted by molar-refractivity contribution is 0.116. The minimum absolute atomic E-state index is 0.0922. The van der Waals surface area contributed by atoms with Crippen LogP contribution >= 0.6 is 11.3 Å². The van der Waals surface area contributed by atoms with Crippen molar-refractivity contribution in [3.8, 4) is 5.69 Å². The largest absolute Gasteiger partial charge is 0.391 e. The summed E-state index contributed by atoms with van der Waals surface area (Å²) in [6.45, 7) is 0.671. The molecule has 5 aromatic rings. The molecule has 1 aliphatic rings. The first-order chi connectivity index (χ1) is 15.7. The van der Waals surface area contributed by atoms with Gasteiger partial charge >= 0.3 is 0 Å². The fourth-order valence-electron chi connectivity index (χ4n) is 4.28. The number of anilines is 1. The van der Waals surface area contributed by atoms with Crippen molar-refractivity contribution in [1.29, 1.82) is 0 Å². The molecule has 0 radical (unpaired) electrons. The Morgan fingerprint density at radius 2 is 2.03 bits per heavy atom. The first-order valence-corrected chi connectivity index (χ1v) is 11.5. The minimum atomic E-state index is -0.293. The molecule has 1 aromatic carbocycles. The summed E-state index contributed by atoms with van der Waals surface area (Å²) < 4.78 is 4.84. The Hall–Kier alpha value is -3.37. The summed E-state index contributed by atoms with van der Waals surface area (Å²) in [5.41, 5.74) is 4.60. The van der Waals surface area contributed by atoms with Crippen molar-refractivity contribution in [1.82, 2.24) is 34.3 Å². The SMILES string of the molecule is OC1CCCCC1Nc1nc2ccc(Cn3cnc4cc(-n5cncn5)cnc43)cc2s1. The van der Waals surface area contributed by atoms with Crippen LogP contribution in [0.3, 0.4) is 0 Å². The molecule has 2 N–H and O–H groups in total. The van der Waals surface area contributed by atoms with Gasteiger partial charge in [-0.2, -0.15) is 5.10 Å². The lowest BCUT2D eigenvalue weighted by Gasteiger charge is -2.27. The summed E-state index contributed by atoms with van der Waals surface area (Å²) in [7, 11) is 0. The average Bonchev–Trinajstić information content (AvgIpc) is 3.55. The number of hydrogen-bond acceptors (Lipinski definition) is 8. The van der Waals surface area contributed by atoms with Crippen LogP contribution in [-0.2, 0) is 6.54 Å². The molecule has 9 nitrogen and oxygen atoms in total. The number of nitrogens with one attached hydrogen (secondary N) is 1. The molecule has 162 valence electrons. The van der Waals surface area contributed by atoms with Crippen LogP contribution in [0.25, 0.3) is 27.1 Å². The number of nitrogens with zero attached hydrogens (tertiary/aromatic N) is 7. The van der Waals surface area contributed by atoms with Gasteiger partial charge in [-0.05, 0) is 36.6 Å². The summed E-state index contributed by atoms with van der Waals surface area (Å²) in [6, 6.07) is 8.37. The fraction of sp³-hybridized carbons (Fsp3) is 0.318. The molecule has 4 heterocycles. The zero-order chi connectivity index (χ0) is 21.5. The summed E-state index contributed by atoms with van der Waals surface area (Å²) in [6.07, 6.45) is 10.5. The molecule has 2 unspecified atom stereocenters. The Morgan fingerprint density at radius 3 is 2.91 bits per heavy atom. The van der Waals surface area contributed by atoms with E-state index in [0.29, 0.717) is 6.54 Å². The Balaban J connectivity index is 1.23. The molecule has 1 aliphatic carbocycles. The molecule has 1 saturated carbocycles. The van der Waals surface area contributed by atoms with Crippen LogP contribution in [0.4, 0.5) is 5.13 Å². The normalized spacial score (nSPS) is 19.0. The quantitative estimate of drug-likeness (QED) is 0.426. The minimum Gasteiger partial charge on any atom is -0.391 e. The summed E-state index contributed by atoms with van der Waals surface area (Å²) in [5.74, 6) is 0. The van der Waals surface area contributed by atoms with Crippen LogP contribution in [0.2, 0.25) is 0 Å². The highest BCUT2D eigenvalue weighted by Crippen LogP contribution is 2.30. The second-order valence-corrected chi connectivity index (χ2v) is 9.20. The van der Waals surface area contributed by atoms with Gasteiger partial charge in [-0.1, -0.05) is 30.2 Å². The van der Waals surface area contributed by atoms with Crippen molar-refractivity contribution in [2.45, 2.75) is 44.4 Å². The molecule has 6 rings (SSSR count). The van der Waals surface area contributed by atoms with Gasteiger partial charge in [-0.15, -0.1) is 0 Å². The van der Waals surface area contributed by atoms with E-state index in [1.807, 2.05) is 17.0 Å². The summed E-state index contributed by atoms with van der Waals surface area (Å²) >= 11 is 1.63. The lowest BCUT2D eigenvalue weighted by Crippen LogP contribution is -2.36. The molecule has 32 heavy (non-hydrogen) atoms. The third kappa shape index (κ3) is 3.61. The van der Waals surface area contributed by atoms with Crippen LogP contribution in [0.15, 0.2) is 49.4 Å². The highest BCUT2D eigenvalue weighted by atomic mass is 32.1. The van der Waals surface area contributed by atoms with E-state index in [0.717, 1.165) is 63.4 Å². The number of benzene rings is 1.